The van der Waals surface area contributed by atoms with Crippen molar-refractivity contribution in [2.75, 3.05) is 6.61 Å². The summed E-state index contributed by atoms with van der Waals surface area (Å²) in [7, 11) is 0. The number of carbonyl (C=O) groups excluding carboxylic acids is 1. The van der Waals surface area contributed by atoms with Crippen LogP contribution in [0.4, 0.5) is 4.39 Å². The first-order valence-corrected chi connectivity index (χ1v) is 8.63. The van der Waals surface area contributed by atoms with E-state index in [9.17, 15) is 14.3 Å². The van der Waals surface area contributed by atoms with Crippen LogP contribution in [0.25, 0.3) is 11.0 Å². The summed E-state index contributed by atoms with van der Waals surface area (Å²) in [6.45, 7) is 5.05. The van der Waals surface area contributed by atoms with Gasteiger partial charge in [0.1, 0.15) is 29.5 Å². The summed E-state index contributed by atoms with van der Waals surface area (Å²) >= 11 is 0. The molecule has 0 unspecified atom stereocenters. The molecule has 0 aliphatic rings. The molecule has 0 bridgehead atoms. The van der Waals surface area contributed by atoms with Crippen LogP contribution in [0.5, 0.6) is 5.75 Å². The number of aryl methyl sites for hydroxylation is 1. The summed E-state index contributed by atoms with van der Waals surface area (Å²) in [5, 5.41) is 12.8. The Hall–Kier alpha value is -2.86. The molecule has 0 fully saturated rings. The van der Waals surface area contributed by atoms with Crippen LogP contribution in [0.3, 0.4) is 0 Å². The summed E-state index contributed by atoms with van der Waals surface area (Å²) in [4.78, 5) is 12.7. The Morgan fingerprint density at radius 1 is 1.26 bits per heavy atom. The maximum absolute atomic E-state index is 13.7. The fourth-order valence-electron chi connectivity index (χ4n) is 2.76. The lowest BCUT2D eigenvalue weighted by Gasteiger charge is -2.23. The largest absolute Gasteiger partial charge is 0.489 e. The van der Waals surface area contributed by atoms with Gasteiger partial charge in [0, 0.05) is 10.9 Å². The van der Waals surface area contributed by atoms with Gasteiger partial charge in [-0.05, 0) is 45.0 Å². The molecule has 0 saturated heterocycles. The van der Waals surface area contributed by atoms with Gasteiger partial charge < -0.3 is 19.6 Å². The minimum absolute atomic E-state index is 0.0775. The zero-order valence-electron chi connectivity index (χ0n) is 15.5. The van der Waals surface area contributed by atoms with Crippen molar-refractivity contribution in [3.8, 4) is 5.75 Å². The van der Waals surface area contributed by atoms with Gasteiger partial charge in [0.05, 0.1) is 17.7 Å². The van der Waals surface area contributed by atoms with E-state index in [0.717, 1.165) is 0 Å². The van der Waals surface area contributed by atoms with Gasteiger partial charge in [0.15, 0.2) is 0 Å². The van der Waals surface area contributed by atoms with E-state index in [1.54, 1.807) is 57.2 Å². The molecule has 27 heavy (non-hydrogen) atoms. The molecule has 2 N–H and O–H groups in total. The average molecular weight is 371 g/mol. The molecule has 0 radical (unpaired) electrons. The highest BCUT2D eigenvalue weighted by molar-refractivity contribution is 6.07. The second-order valence-corrected chi connectivity index (χ2v) is 7.07. The van der Waals surface area contributed by atoms with E-state index >= 15 is 0 Å². The van der Waals surface area contributed by atoms with E-state index in [2.05, 4.69) is 5.32 Å². The monoisotopic (exact) mass is 371 g/mol. The zero-order valence-corrected chi connectivity index (χ0v) is 15.5. The molecule has 142 valence electrons. The molecule has 3 rings (SSSR count). The van der Waals surface area contributed by atoms with Crippen molar-refractivity contribution >= 4 is 16.9 Å². The molecule has 1 aromatic heterocycles. The smallest absolute Gasteiger partial charge is 0.255 e. The standard InChI is InChI=1S/C21H22FNO4/c1-13-19(20(25)23-21(2,3)12-24)16-10-15(8-9-18(16)27-13)26-11-14-6-4-5-7-17(14)22/h4-10,24H,11-12H2,1-3H3,(H,23,25). The summed E-state index contributed by atoms with van der Waals surface area (Å²) < 4.78 is 25.1. The number of ether oxygens (including phenoxy) is 1. The van der Waals surface area contributed by atoms with Crippen molar-refractivity contribution in [3.63, 3.8) is 0 Å². The molecular weight excluding hydrogens is 349 g/mol. The minimum Gasteiger partial charge on any atom is -0.489 e. The van der Waals surface area contributed by atoms with Gasteiger partial charge in [-0.2, -0.15) is 0 Å². The summed E-state index contributed by atoms with van der Waals surface area (Å²) in [6, 6.07) is 11.5. The second-order valence-electron chi connectivity index (χ2n) is 7.07. The normalized spacial score (nSPS) is 11.6. The third kappa shape index (κ3) is 4.11. The van der Waals surface area contributed by atoms with Crippen LogP contribution < -0.4 is 10.1 Å². The number of hydrogen-bond acceptors (Lipinski definition) is 4. The van der Waals surface area contributed by atoms with Crippen LogP contribution in [-0.2, 0) is 6.61 Å². The third-order valence-corrected chi connectivity index (χ3v) is 4.26. The number of amides is 1. The first kappa shape index (κ1) is 18.9. The van der Waals surface area contributed by atoms with Gasteiger partial charge in [0.2, 0.25) is 0 Å². The van der Waals surface area contributed by atoms with Crippen LogP contribution in [0, 0.1) is 12.7 Å². The zero-order chi connectivity index (χ0) is 19.6. The molecule has 6 heteroatoms. The number of rotatable bonds is 6. The van der Waals surface area contributed by atoms with Crippen LogP contribution in [0.1, 0.15) is 35.5 Å². The molecule has 1 heterocycles. The van der Waals surface area contributed by atoms with E-state index in [1.807, 2.05) is 0 Å². The molecule has 0 aliphatic carbocycles. The molecule has 3 aromatic rings. The summed E-state index contributed by atoms with van der Waals surface area (Å²) in [5.41, 5.74) is 0.635. The Bertz CT molecular complexity index is 977. The van der Waals surface area contributed by atoms with Gasteiger partial charge in [-0.3, -0.25) is 4.79 Å². The maximum atomic E-state index is 13.7. The van der Waals surface area contributed by atoms with Crippen molar-refractivity contribution in [1.29, 1.82) is 0 Å². The topological polar surface area (TPSA) is 71.7 Å². The van der Waals surface area contributed by atoms with Crippen molar-refractivity contribution in [3.05, 3.63) is 65.2 Å². The molecular formula is C21H22FNO4. The quantitative estimate of drug-likeness (QED) is 0.688. The third-order valence-electron chi connectivity index (χ3n) is 4.26. The van der Waals surface area contributed by atoms with Crippen LogP contribution in [-0.4, -0.2) is 23.2 Å². The molecule has 0 saturated carbocycles. The van der Waals surface area contributed by atoms with Crippen LogP contribution in [0.2, 0.25) is 0 Å². The van der Waals surface area contributed by atoms with Crippen molar-refractivity contribution in [1.82, 2.24) is 5.32 Å². The minimum atomic E-state index is -0.758. The Morgan fingerprint density at radius 2 is 2.00 bits per heavy atom. The Kier molecular flexibility index (Phi) is 5.19. The number of aliphatic hydroxyl groups excluding tert-OH is 1. The van der Waals surface area contributed by atoms with Gasteiger partial charge in [-0.25, -0.2) is 4.39 Å². The van der Waals surface area contributed by atoms with E-state index < -0.39 is 5.54 Å². The van der Waals surface area contributed by atoms with Gasteiger partial charge in [-0.15, -0.1) is 0 Å². The molecule has 0 spiro atoms. The Morgan fingerprint density at radius 3 is 2.70 bits per heavy atom. The lowest BCUT2D eigenvalue weighted by Crippen LogP contribution is -2.46. The number of hydrogen-bond donors (Lipinski definition) is 2. The van der Waals surface area contributed by atoms with Crippen LogP contribution >= 0.6 is 0 Å². The predicted molar refractivity (Wildman–Crippen MR) is 100 cm³/mol. The Balaban J connectivity index is 1.88. The number of aliphatic hydroxyl groups is 1. The number of fused-ring (bicyclic) bond motifs is 1. The fraction of sp³-hybridized carbons (Fsp3) is 0.286. The van der Waals surface area contributed by atoms with Gasteiger partial charge in [-0.1, -0.05) is 18.2 Å². The number of benzene rings is 2. The predicted octanol–water partition coefficient (Wildman–Crippen LogP) is 3.96. The Labute approximate surface area is 156 Å². The highest BCUT2D eigenvalue weighted by Gasteiger charge is 2.25. The molecule has 1 amide bonds. The fourth-order valence-corrected chi connectivity index (χ4v) is 2.76. The van der Waals surface area contributed by atoms with Gasteiger partial charge >= 0.3 is 0 Å². The lowest BCUT2D eigenvalue weighted by molar-refractivity contribution is 0.0869. The highest BCUT2D eigenvalue weighted by atomic mass is 19.1. The van der Waals surface area contributed by atoms with Crippen molar-refractivity contribution < 1.29 is 23.4 Å². The number of furan rings is 1. The number of halogens is 1. The molecule has 2 aromatic carbocycles. The lowest BCUT2D eigenvalue weighted by atomic mass is 10.0. The van der Waals surface area contributed by atoms with Gasteiger partial charge in [0.25, 0.3) is 5.91 Å². The first-order valence-electron chi connectivity index (χ1n) is 8.63. The van der Waals surface area contributed by atoms with Crippen molar-refractivity contribution in [2.24, 2.45) is 0 Å². The average Bonchev–Trinajstić information content (AvgIpc) is 2.95. The second kappa shape index (κ2) is 7.40. The first-order chi connectivity index (χ1) is 12.8. The molecule has 0 aliphatic heterocycles. The number of carbonyl (C=O) groups is 1. The van der Waals surface area contributed by atoms with Crippen LogP contribution in [0.15, 0.2) is 46.9 Å². The van der Waals surface area contributed by atoms with E-state index in [4.69, 9.17) is 9.15 Å². The molecule has 0 atom stereocenters. The SMILES string of the molecule is Cc1oc2ccc(OCc3ccccc3F)cc2c1C(=O)NC(C)(C)CO. The summed E-state index contributed by atoms with van der Waals surface area (Å²) in [5.74, 6) is 0.310. The highest BCUT2D eigenvalue weighted by Crippen LogP contribution is 2.30. The van der Waals surface area contributed by atoms with E-state index in [-0.39, 0.29) is 24.9 Å². The van der Waals surface area contributed by atoms with E-state index in [0.29, 0.717) is 33.6 Å². The van der Waals surface area contributed by atoms with Crippen molar-refractivity contribution in [2.45, 2.75) is 32.9 Å². The van der Waals surface area contributed by atoms with E-state index in [1.165, 1.54) is 6.07 Å². The summed E-state index contributed by atoms with van der Waals surface area (Å²) in [6.07, 6.45) is 0. The maximum Gasteiger partial charge on any atom is 0.255 e. The number of nitrogens with one attached hydrogen (secondary N) is 1. The molecule has 5 nitrogen and oxygen atoms in total.